The molecule has 0 aliphatic heterocycles. The van der Waals surface area contributed by atoms with Crippen LogP contribution in [0.1, 0.15) is 31.9 Å². The number of hydrogen-bond donors (Lipinski definition) is 1. The molecule has 0 saturated heterocycles. The number of nitriles is 1. The van der Waals surface area contributed by atoms with Gasteiger partial charge in [-0.15, -0.1) is 0 Å². The van der Waals surface area contributed by atoms with Gasteiger partial charge in [0.05, 0.1) is 17.0 Å². The first-order valence-corrected chi connectivity index (χ1v) is 12.9. The number of aromatic nitrogens is 1. The molecule has 0 aliphatic carbocycles. The largest absolute Gasteiger partial charge is 0.325 e. The Morgan fingerprint density at radius 1 is 0.972 bits per heavy atom. The first-order chi connectivity index (χ1) is 17.2. The Labute approximate surface area is 221 Å². The van der Waals surface area contributed by atoms with Crippen molar-refractivity contribution in [3.63, 3.8) is 0 Å². The first-order valence-electron chi connectivity index (χ1n) is 11.5. The summed E-state index contributed by atoms with van der Waals surface area (Å²) in [6, 6.07) is 29.4. The topological polar surface area (TPSA) is 65.8 Å². The van der Waals surface area contributed by atoms with Crippen LogP contribution in [0.3, 0.4) is 0 Å². The van der Waals surface area contributed by atoms with E-state index >= 15 is 0 Å². The number of anilines is 1. The van der Waals surface area contributed by atoms with Gasteiger partial charge in [-0.2, -0.15) is 5.26 Å². The Bertz CT molecular complexity index is 1400. The molecule has 180 valence electrons. The van der Waals surface area contributed by atoms with E-state index in [0.29, 0.717) is 21.3 Å². The molecule has 4 aromatic rings. The highest BCUT2D eigenvalue weighted by Gasteiger charge is 2.18. The van der Waals surface area contributed by atoms with Crippen LogP contribution in [0.2, 0.25) is 5.02 Å². The van der Waals surface area contributed by atoms with Gasteiger partial charge < -0.3 is 5.32 Å². The van der Waals surface area contributed by atoms with Crippen molar-refractivity contribution in [1.29, 1.82) is 5.26 Å². The summed E-state index contributed by atoms with van der Waals surface area (Å²) in [5.74, 6) is -0.0699. The maximum absolute atomic E-state index is 12.6. The van der Waals surface area contributed by atoms with Crippen molar-refractivity contribution >= 4 is 35.0 Å². The molecule has 0 unspecified atom stereocenters. The fourth-order valence-electron chi connectivity index (χ4n) is 3.73. The third-order valence-electron chi connectivity index (χ3n) is 5.70. The van der Waals surface area contributed by atoms with Gasteiger partial charge in [-0.3, -0.25) is 4.79 Å². The zero-order chi connectivity index (χ0) is 25.7. The van der Waals surface area contributed by atoms with Crippen LogP contribution in [0.4, 0.5) is 5.69 Å². The molecule has 0 atom stereocenters. The van der Waals surface area contributed by atoms with Crippen molar-refractivity contribution in [1.82, 2.24) is 4.98 Å². The quantitative estimate of drug-likeness (QED) is 0.266. The highest BCUT2D eigenvalue weighted by Crippen LogP contribution is 2.35. The Hall–Kier alpha value is -3.59. The standard InChI is InChI=1S/C30H26ClN3OS/c1-30(2,3)22-11-9-20(10-12-22)25-17-27(21-7-5-4-6-8-21)34-29(26(25)18-32)36-19-28(35)33-24-15-13-23(31)14-16-24/h4-17H,19H2,1-3H3,(H,33,35). The number of amides is 1. The molecule has 4 rings (SSSR count). The molecule has 0 fully saturated rings. The lowest BCUT2D eigenvalue weighted by Crippen LogP contribution is -2.14. The molecule has 0 saturated carbocycles. The van der Waals surface area contributed by atoms with Gasteiger partial charge in [0.1, 0.15) is 11.1 Å². The van der Waals surface area contributed by atoms with E-state index in [1.165, 1.54) is 17.3 Å². The molecule has 1 amide bonds. The van der Waals surface area contributed by atoms with Crippen molar-refractivity contribution in [3.05, 3.63) is 101 Å². The second-order valence-electron chi connectivity index (χ2n) is 9.38. The summed E-state index contributed by atoms with van der Waals surface area (Å²) >= 11 is 7.18. The summed E-state index contributed by atoms with van der Waals surface area (Å²) in [4.78, 5) is 17.4. The molecule has 1 N–H and O–H groups in total. The Morgan fingerprint density at radius 2 is 1.64 bits per heavy atom. The molecular formula is C30H26ClN3OS. The van der Waals surface area contributed by atoms with Crippen molar-refractivity contribution in [2.45, 2.75) is 31.2 Å². The molecule has 4 nitrogen and oxygen atoms in total. The van der Waals surface area contributed by atoms with Gasteiger partial charge in [0.2, 0.25) is 5.91 Å². The summed E-state index contributed by atoms with van der Waals surface area (Å²) < 4.78 is 0. The summed E-state index contributed by atoms with van der Waals surface area (Å²) in [7, 11) is 0. The minimum absolute atomic E-state index is 0.0302. The smallest absolute Gasteiger partial charge is 0.234 e. The van der Waals surface area contributed by atoms with E-state index in [0.717, 1.165) is 22.4 Å². The second-order valence-corrected chi connectivity index (χ2v) is 10.8. The van der Waals surface area contributed by atoms with Crippen LogP contribution in [0.15, 0.2) is 90.0 Å². The minimum Gasteiger partial charge on any atom is -0.325 e. The third kappa shape index (κ3) is 6.15. The SMILES string of the molecule is CC(C)(C)c1ccc(-c2cc(-c3ccccc3)nc(SCC(=O)Nc3ccc(Cl)cc3)c2C#N)cc1. The number of nitrogens with zero attached hydrogens (tertiary/aromatic N) is 2. The van der Waals surface area contributed by atoms with E-state index in [2.05, 4.69) is 44.3 Å². The molecule has 1 heterocycles. The van der Waals surface area contributed by atoms with Gasteiger partial charge in [0.15, 0.2) is 0 Å². The Balaban J connectivity index is 1.69. The van der Waals surface area contributed by atoms with E-state index in [9.17, 15) is 10.1 Å². The monoisotopic (exact) mass is 511 g/mol. The van der Waals surface area contributed by atoms with Crippen molar-refractivity contribution in [3.8, 4) is 28.5 Å². The number of nitrogens with one attached hydrogen (secondary N) is 1. The van der Waals surface area contributed by atoms with Crippen LogP contribution in [0.5, 0.6) is 0 Å². The summed E-state index contributed by atoms with van der Waals surface area (Å²) in [5.41, 5.74) is 5.81. The van der Waals surface area contributed by atoms with Crippen LogP contribution < -0.4 is 5.32 Å². The normalized spacial score (nSPS) is 11.1. The Kier molecular flexibility index (Phi) is 7.79. The molecule has 0 spiro atoms. The fourth-order valence-corrected chi connectivity index (χ4v) is 4.66. The highest BCUT2D eigenvalue weighted by molar-refractivity contribution is 8.00. The number of pyridine rings is 1. The molecule has 1 aromatic heterocycles. The van der Waals surface area contributed by atoms with E-state index in [1.807, 2.05) is 48.5 Å². The lowest BCUT2D eigenvalue weighted by atomic mass is 9.86. The number of carbonyl (C=O) groups is 1. The first kappa shape index (κ1) is 25.5. The van der Waals surface area contributed by atoms with E-state index in [1.54, 1.807) is 24.3 Å². The molecule has 36 heavy (non-hydrogen) atoms. The number of benzene rings is 3. The number of thioether (sulfide) groups is 1. The molecule has 3 aromatic carbocycles. The van der Waals surface area contributed by atoms with Gasteiger partial charge in [-0.1, -0.05) is 98.7 Å². The predicted molar refractivity (Wildman–Crippen MR) is 149 cm³/mol. The number of carbonyl (C=O) groups excluding carboxylic acids is 1. The maximum Gasteiger partial charge on any atom is 0.234 e. The highest BCUT2D eigenvalue weighted by atomic mass is 35.5. The zero-order valence-electron chi connectivity index (χ0n) is 20.4. The number of rotatable bonds is 6. The van der Waals surface area contributed by atoms with Crippen LogP contribution in [0.25, 0.3) is 22.4 Å². The van der Waals surface area contributed by atoms with Crippen LogP contribution in [-0.2, 0) is 10.2 Å². The summed E-state index contributed by atoms with van der Waals surface area (Å²) in [6.07, 6.45) is 0. The molecule has 0 aliphatic rings. The van der Waals surface area contributed by atoms with Crippen molar-refractivity contribution < 1.29 is 4.79 Å². The van der Waals surface area contributed by atoms with Gasteiger partial charge in [-0.05, 0) is 46.9 Å². The zero-order valence-corrected chi connectivity index (χ0v) is 22.0. The summed E-state index contributed by atoms with van der Waals surface area (Å²) in [5, 5.41) is 14.1. The van der Waals surface area contributed by atoms with Crippen molar-refractivity contribution in [2.24, 2.45) is 0 Å². The van der Waals surface area contributed by atoms with Gasteiger partial charge in [0, 0.05) is 21.8 Å². The van der Waals surface area contributed by atoms with Crippen LogP contribution in [0, 0.1) is 11.3 Å². The van der Waals surface area contributed by atoms with Crippen LogP contribution >= 0.6 is 23.4 Å². The van der Waals surface area contributed by atoms with E-state index < -0.39 is 0 Å². The number of hydrogen-bond acceptors (Lipinski definition) is 4. The van der Waals surface area contributed by atoms with E-state index in [4.69, 9.17) is 16.6 Å². The van der Waals surface area contributed by atoms with Crippen LogP contribution in [-0.4, -0.2) is 16.6 Å². The minimum atomic E-state index is -0.186. The van der Waals surface area contributed by atoms with E-state index in [-0.39, 0.29) is 17.1 Å². The molecule has 0 radical (unpaired) electrons. The third-order valence-corrected chi connectivity index (χ3v) is 6.92. The second kappa shape index (κ2) is 11.0. The molecule has 6 heteroatoms. The average Bonchev–Trinajstić information content (AvgIpc) is 2.88. The van der Waals surface area contributed by atoms with Gasteiger partial charge in [-0.25, -0.2) is 4.98 Å². The lowest BCUT2D eigenvalue weighted by molar-refractivity contribution is -0.113. The number of halogens is 1. The summed E-state index contributed by atoms with van der Waals surface area (Å²) in [6.45, 7) is 6.52. The van der Waals surface area contributed by atoms with Gasteiger partial charge in [0.25, 0.3) is 0 Å². The maximum atomic E-state index is 12.6. The van der Waals surface area contributed by atoms with Gasteiger partial charge >= 0.3 is 0 Å². The fraction of sp³-hybridized carbons (Fsp3) is 0.167. The molecular weight excluding hydrogens is 486 g/mol. The lowest BCUT2D eigenvalue weighted by Gasteiger charge is -2.19. The molecule has 0 bridgehead atoms. The average molecular weight is 512 g/mol. The Morgan fingerprint density at radius 3 is 2.25 bits per heavy atom. The predicted octanol–water partition coefficient (Wildman–Crippen LogP) is 7.97. The van der Waals surface area contributed by atoms with Crippen molar-refractivity contribution in [2.75, 3.05) is 11.1 Å².